The van der Waals surface area contributed by atoms with Gasteiger partial charge in [-0.25, -0.2) is 0 Å². The van der Waals surface area contributed by atoms with E-state index >= 15 is 0 Å². The lowest BCUT2D eigenvalue weighted by Crippen LogP contribution is -2.29. The smallest absolute Gasteiger partial charge is 0.455 e. The highest BCUT2D eigenvalue weighted by atomic mass is 16.4. The van der Waals surface area contributed by atoms with Crippen molar-refractivity contribution in [1.82, 2.24) is 4.57 Å². The van der Waals surface area contributed by atoms with Crippen LogP contribution in [0, 0.1) is 0 Å². The number of rotatable bonds is 7. The van der Waals surface area contributed by atoms with Gasteiger partial charge < -0.3 is 23.9 Å². The second-order valence-corrected chi connectivity index (χ2v) is 13.6. The topological polar surface area (TPSA) is 61.8 Å². The second-order valence-electron chi connectivity index (χ2n) is 13.6. The molecule has 2 N–H and O–H groups in total. The number of aromatic nitrogens is 1. The van der Waals surface area contributed by atoms with E-state index in [9.17, 15) is 10.0 Å². The van der Waals surface area contributed by atoms with Crippen molar-refractivity contribution in [2.45, 2.75) is 0 Å². The molecule has 0 aliphatic carbocycles. The molecule has 0 spiro atoms. The minimum Gasteiger partial charge on any atom is -0.455 e. The second kappa shape index (κ2) is 13.0. The van der Waals surface area contributed by atoms with Crippen molar-refractivity contribution in [2.75, 3.05) is 4.90 Å². The molecule has 0 saturated heterocycles. The number of benzene rings is 8. The predicted octanol–water partition coefficient (Wildman–Crippen LogP) is 11.2. The van der Waals surface area contributed by atoms with Gasteiger partial charge in [-0.15, -0.1) is 0 Å². The Morgan fingerprint density at radius 3 is 1.85 bits per heavy atom. The van der Waals surface area contributed by atoms with Crippen LogP contribution < -0.4 is 10.4 Å². The van der Waals surface area contributed by atoms with Crippen LogP contribution in [0.1, 0.15) is 0 Å². The summed E-state index contributed by atoms with van der Waals surface area (Å²) < 4.78 is 8.61. The maximum Gasteiger partial charge on any atom is 0.488 e. The standard InChI is InChI=1S/C48H33BN2O3/c52-49(53)35-25-30-42-45(31-35)51(36-13-5-2-6-14-36)44-19-10-18-43(47(42)44)50(37-26-21-33(22-27-37)32-11-3-1-4-12-32)38-28-23-34(24-29-38)39-16-9-17-41-40-15-7-8-20-46(40)54-48(39)41/h1-31,52-53H. The van der Waals surface area contributed by atoms with Gasteiger partial charge in [0.1, 0.15) is 11.2 Å². The van der Waals surface area contributed by atoms with Gasteiger partial charge in [0.25, 0.3) is 0 Å². The first-order valence-corrected chi connectivity index (χ1v) is 18.1. The van der Waals surface area contributed by atoms with Crippen molar-refractivity contribution >= 4 is 73.4 Å². The van der Waals surface area contributed by atoms with Crippen LogP contribution in [0.3, 0.4) is 0 Å². The van der Waals surface area contributed by atoms with E-state index < -0.39 is 7.12 Å². The molecule has 0 atom stereocenters. The molecule has 256 valence electrons. The highest BCUT2D eigenvalue weighted by Crippen LogP contribution is 2.45. The molecule has 0 saturated carbocycles. The zero-order valence-electron chi connectivity index (χ0n) is 29.2. The fraction of sp³-hybridized carbons (Fsp3) is 0. The largest absolute Gasteiger partial charge is 0.488 e. The van der Waals surface area contributed by atoms with E-state index in [0.29, 0.717) is 5.46 Å². The molecule has 2 aromatic heterocycles. The molecule has 0 radical (unpaired) electrons. The van der Waals surface area contributed by atoms with E-state index in [1.807, 2.05) is 54.6 Å². The summed E-state index contributed by atoms with van der Waals surface area (Å²) in [5.41, 5.74) is 12.5. The SMILES string of the molecule is OB(O)c1ccc2c3c(N(c4ccc(-c5ccccc5)cc4)c4ccc(-c5cccc6c5oc5ccccc56)cc4)cccc3n(-c3ccccc3)c2c1. The van der Waals surface area contributed by atoms with E-state index in [4.69, 9.17) is 4.42 Å². The van der Waals surface area contributed by atoms with Gasteiger partial charge in [-0.3, -0.25) is 0 Å². The van der Waals surface area contributed by atoms with Gasteiger partial charge in [-0.2, -0.15) is 0 Å². The van der Waals surface area contributed by atoms with Gasteiger partial charge in [-0.05, 0) is 82.8 Å². The number of anilines is 3. The van der Waals surface area contributed by atoms with Crippen molar-refractivity contribution in [3.05, 3.63) is 188 Å². The summed E-state index contributed by atoms with van der Waals surface area (Å²) in [6.45, 7) is 0. The minimum atomic E-state index is -1.58. The summed E-state index contributed by atoms with van der Waals surface area (Å²) in [6, 6.07) is 64.6. The van der Waals surface area contributed by atoms with E-state index in [1.165, 1.54) is 0 Å². The summed E-state index contributed by atoms with van der Waals surface area (Å²) in [5.74, 6) is 0. The molecule has 5 nitrogen and oxygen atoms in total. The molecule has 0 fully saturated rings. The number of hydrogen-bond acceptors (Lipinski definition) is 4. The Labute approximate surface area is 312 Å². The Morgan fingerprint density at radius 2 is 1.11 bits per heavy atom. The summed E-state index contributed by atoms with van der Waals surface area (Å²) in [7, 11) is -1.58. The van der Waals surface area contributed by atoms with Crippen molar-refractivity contribution in [2.24, 2.45) is 0 Å². The van der Waals surface area contributed by atoms with E-state index in [1.54, 1.807) is 6.07 Å². The van der Waals surface area contributed by atoms with Crippen LogP contribution >= 0.6 is 0 Å². The Bertz CT molecular complexity index is 2950. The molecule has 0 bridgehead atoms. The maximum absolute atomic E-state index is 10.2. The van der Waals surface area contributed by atoms with Gasteiger partial charge in [0, 0.05) is 44.2 Å². The maximum atomic E-state index is 10.2. The van der Waals surface area contributed by atoms with Crippen LogP contribution in [-0.4, -0.2) is 21.7 Å². The lowest BCUT2D eigenvalue weighted by molar-refractivity contribution is 0.426. The van der Waals surface area contributed by atoms with Gasteiger partial charge >= 0.3 is 7.12 Å². The average Bonchev–Trinajstić information content (AvgIpc) is 3.78. The van der Waals surface area contributed by atoms with Crippen LogP contribution in [0.5, 0.6) is 0 Å². The first-order chi connectivity index (χ1) is 26.6. The molecule has 0 amide bonds. The highest BCUT2D eigenvalue weighted by molar-refractivity contribution is 6.59. The number of para-hydroxylation sites is 3. The molecule has 0 aliphatic rings. The van der Waals surface area contributed by atoms with Crippen LogP contribution in [0.15, 0.2) is 192 Å². The van der Waals surface area contributed by atoms with Crippen LogP contribution in [-0.2, 0) is 0 Å². The Hall–Kier alpha value is -6.86. The summed E-state index contributed by atoms with van der Waals surface area (Å²) >= 11 is 0. The van der Waals surface area contributed by atoms with Gasteiger partial charge in [0.05, 0.1) is 16.7 Å². The van der Waals surface area contributed by atoms with Crippen molar-refractivity contribution in [1.29, 1.82) is 0 Å². The molecule has 8 aromatic carbocycles. The lowest BCUT2D eigenvalue weighted by Gasteiger charge is -2.27. The number of furan rings is 1. The third-order valence-electron chi connectivity index (χ3n) is 10.4. The third-order valence-corrected chi connectivity index (χ3v) is 10.4. The molecule has 0 aliphatic heterocycles. The van der Waals surface area contributed by atoms with E-state index in [0.717, 1.165) is 88.7 Å². The average molecular weight is 697 g/mol. The van der Waals surface area contributed by atoms with Gasteiger partial charge in [0.2, 0.25) is 0 Å². The number of nitrogens with zero attached hydrogens (tertiary/aromatic N) is 2. The monoisotopic (exact) mass is 696 g/mol. The van der Waals surface area contributed by atoms with Gasteiger partial charge in [-0.1, -0.05) is 127 Å². The van der Waals surface area contributed by atoms with Crippen LogP contribution in [0.2, 0.25) is 0 Å². The van der Waals surface area contributed by atoms with Crippen LogP contribution in [0.25, 0.3) is 71.7 Å². The quantitative estimate of drug-likeness (QED) is 0.163. The van der Waals surface area contributed by atoms with E-state index in [2.05, 4.69) is 137 Å². The third kappa shape index (κ3) is 5.27. The Kier molecular flexibility index (Phi) is 7.65. The molecule has 0 unspecified atom stereocenters. The summed E-state index contributed by atoms with van der Waals surface area (Å²) in [6.07, 6.45) is 0. The van der Waals surface area contributed by atoms with Crippen LogP contribution in [0.4, 0.5) is 17.1 Å². The summed E-state index contributed by atoms with van der Waals surface area (Å²) in [4.78, 5) is 2.31. The van der Waals surface area contributed by atoms with Crippen molar-refractivity contribution in [3.8, 4) is 27.9 Å². The van der Waals surface area contributed by atoms with Gasteiger partial charge in [0.15, 0.2) is 0 Å². The Balaban J connectivity index is 1.18. The molecule has 2 heterocycles. The fourth-order valence-electron chi connectivity index (χ4n) is 7.89. The molecular weight excluding hydrogens is 663 g/mol. The normalized spacial score (nSPS) is 11.5. The zero-order valence-corrected chi connectivity index (χ0v) is 29.2. The summed E-state index contributed by atoms with van der Waals surface area (Å²) in [5, 5.41) is 24.7. The Morgan fingerprint density at radius 1 is 0.481 bits per heavy atom. The molecule has 6 heteroatoms. The number of fused-ring (bicyclic) bond motifs is 6. The minimum absolute atomic E-state index is 0.437. The first-order valence-electron chi connectivity index (χ1n) is 18.1. The molecular formula is C48H33BN2O3. The molecule has 54 heavy (non-hydrogen) atoms. The predicted molar refractivity (Wildman–Crippen MR) is 223 cm³/mol. The molecule has 10 rings (SSSR count). The molecule has 10 aromatic rings. The highest BCUT2D eigenvalue weighted by Gasteiger charge is 2.23. The number of hydrogen-bond donors (Lipinski definition) is 2. The fourth-order valence-corrected chi connectivity index (χ4v) is 7.89. The lowest BCUT2D eigenvalue weighted by atomic mass is 9.80. The van der Waals surface area contributed by atoms with E-state index in [-0.39, 0.29) is 0 Å². The first kappa shape index (κ1) is 31.8. The van der Waals surface area contributed by atoms with Crippen molar-refractivity contribution in [3.63, 3.8) is 0 Å². The van der Waals surface area contributed by atoms with Crippen molar-refractivity contribution < 1.29 is 14.5 Å². The zero-order chi connectivity index (χ0) is 36.2.